The van der Waals surface area contributed by atoms with Gasteiger partial charge in [-0.15, -0.1) is 0 Å². The van der Waals surface area contributed by atoms with Crippen LogP contribution in [0.3, 0.4) is 0 Å². The molecule has 0 saturated carbocycles. The lowest BCUT2D eigenvalue weighted by atomic mass is 10.2. The van der Waals surface area contributed by atoms with Crippen molar-refractivity contribution in [3.8, 4) is 5.75 Å². The molecule has 1 aromatic carbocycles. The molecule has 0 bridgehead atoms. The number of rotatable bonds is 5. The van der Waals surface area contributed by atoms with Gasteiger partial charge in [0.25, 0.3) is 0 Å². The van der Waals surface area contributed by atoms with Crippen molar-refractivity contribution in [1.82, 2.24) is 0 Å². The van der Waals surface area contributed by atoms with Crippen LogP contribution in [0.15, 0.2) is 18.2 Å². The topological polar surface area (TPSA) is 98.9 Å². The number of aliphatic hydroxyl groups excluding tert-OH is 1. The third-order valence-corrected chi connectivity index (χ3v) is 2.17. The summed E-state index contributed by atoms with van der Waals surface area (Å²) in [6, 6.07) is 4.02. The van der Waals surface area contributed by atoms with E-state index in [2.05, 4.69) is 0 Å². The number of nitro groups is 1. The van der Waals surface area contributed by atoms with E-state index in [9.17, 15) is 14.9 Å². The molecule has 1 aromatic rings. The van der Waals surface area contributed by atoms with Gasteiger partial charge in [0.05, 0.1) is 11.5 Å². The average Bonchev–Trinajstić information content (AvgIpc) is 2.34. The van der Waals surface area contributed by atoms with Crippen molar-refractivity contribution in [2.45, 2.75) is 33.0 Å². The Morgan fingerprint density at radius 3 is 2.55 bits per heavy atom. The van der Waals surface area contributed by atoms with E-state index < -0.39 is 23.1 Å². The van der Waals surface area contributed by atoms with Crippen LogP contribution in [0.4, 0.5) is 5.69 Å². The first-order valence-electron chi connectivity index (χ1n) is 5.96. The summed E-state index contributed by atoms with van der Waals surface area (Å²) in [5.41, 5.74) is -0.561. The Balaban J connectivity index is 2.77. The lowest BCUT2D eigenvalue weighted by molar-refractivity contribution is -0.385. The minimum Gasteiger partial charge on any atom is -0.475 e. The molecule has 0 heterocycles. The summed E-state index contributed by atoms with van der Waals surface area (Å²) in [4.78, 5) is 21.7. The van der Waals surface area contributed by atoms with Crippen LogP contribution in [-0.4, -0.2) is 28.2 Å². The minimum atomic E-state index is -0.646. The molecule has 0 aliphatic carbocycles. The van der Waals surface area contributed by atoms with E-state index >= 15 is 0 Å². The number of ether oxygens (including phenoxy) is 2. The van der Waals surface area contributed by atoms with Crippen molar-refractivity contribution < 1.29 is 24.3 Å². The third kappa shape index (κ3) is 4.85. The van der Waals surface area contributed by atoms with Crippen LogP contribution in [0.2, 0.25) is 0 Å². The highest BCUT2D eigenvalue weighted by Gasteiger charge is 2.20. The Hall–Kier alpha value is -2.15. The molecular formula is C13H17NO6. The molecule has 1 rings (SSSR count). The number of hydrogen-bond acceptors (Lipinski definition) is 6. The van der Waals surface area contributed by atoms with Gasteiger partial charge in [-0.1, -0.05) is 6.07 Å². The van der Waals surface area contributed by atoms with Crippen LogP contribution in [0, 0.1) is 10.1 Å². The van der Waals surface area contributed by atoms with Gasteiger partial charge >= 0.3 is 11.7 Å². The maximum atomic E-state index is 11.5. The molecule has 0 spiro atoms. The van der Waals surface area contributed by atoms with Gasteiger partial charge in [0.2, 0.25) is 0 Å². The number of aliphatic hydroxyl groups is 1. The zero-order valence-corrected chi connectivity index (χ0v) is 11.6. The number of hydrogen-bond donors (Lipinski definition) is 1. The molecule has 7 nitrogen and oxygen atoms in total. The molecule has 7 heteroatoms. The minimum absolute atomic E-state index is 0.0435. The van der Waals surface area contributed by atoms with Gasteiger partial charge in [-0.25, -0.2) is 4.79 Å². The average molecular weight is 283 g/mol. The van der Waals surface area contributed by atoms with E-state index in [4.69, 9.17) is 14.6 Å². The van der Waals surface area contributed by atoms with Crippen LogP contribution in [0.5, 0.6) is 5.75 Å². The molecule has 0 radical (unpaired) electrons. The molecule has 0 atom stereocenters. The van der Waals surface area contributed by atoms with Gasteiger partial charge in [-0.05, 0) is 32.4 Å². The smallest absolute Gasteiger partial charge is 0.344 e. The van der Waals surface area contributed by atoms with Crippen LogP contribution in [-0.2, 0) is 16.1 Å². The van der Waals surface area contributed by atoms with Crippen molar-refractivity contribution in [2.24, 2.45) is 0 Å². The van der Waals surface area contributed by atoms with Crippen LogP contribution in [0.25, 0.3) is 0 Å². The fraction of sp³-hybridized carbons (Fsp3) is 0.462. The van der Waals surface area contributed by atoms with Crippen LogP contribution in [0.1, 0.15) is 26.3 Å². The van der Waals surface area contributed by atoms with Crippen LogP contribution < -0.4 is 4.74 Å². The number of carbonyl (C=O) groups excluding carboxylic acids is 1. The van der Waals surface area contributed by atoms with E-state index in [1.54, 1.807) is 20.8 Å². The molecule has 0 unspecified atom stereocenters. The second kappa shape index (κ2) is 6.33. The summed E-state index contributed by atoms with van der Waals surface area (Å²) >= 11 is 0. The first-order chi connectivity index (χ1) is 9.23. The van der Waals surface area contributed by atoms with Crippen molar-refractivity contribution >= 4 is 11.7 Å². The predicted molar refractivity (Wildman–Crippen MR) is 70.4 cm³/mol. The standard InChI is InChI=1S/C13H17NO6/c1-13(2,3)20-12(16)8-19-11-5-4-9(7-15)6-10(11)14(17)18/h4-6,15H,7-8H2,1-3H3. The number of esters is 1. The highest BCUT2D eigenvalue weighted by Crippen LogP contribution is 2.28. The second-order valence-corrected chi connectivity index (χ2v) is 5.09. The predicted octanol–water partition coefficient (Wildman–Crippen LogP) is 1.81. The van der Waals surface area contributed by atoms with Gasteiger partial charge in [0.15, 0.2) is 12.4 Å². The Bertz CT molecular complexity index is 506. The first kappa shape index (κ1) is 15.9. The summed E-state index contributed by atoms with van der Waals surface area (Å²) in [5.74, 6) is -0.656. The van der Waals surface area contributed by atoms with E-state index in [1.807, 2.05) is 0 Å². The highest BCUT2D eigenvalue weighted by molar-refractivity contribution is 5.71. The lowest BCUT2D eigenvalue weighted by Crippen LogP contribution is -2.27. The maximum Gasteiger partial charge on any atom is 0.344 e. The Labute approximate surface area is 116 Å². The zero-order valence-electron chi connectivity index (χ0n) is 11.6. The third-order valence-electron chi connectivity index (χ3n) is 2.17. The first-order valence-corrected chi connectivity index (χ1v) is 5.96. The molecule has 20 heavy (non-hydrogen) atoms. The van der Waals surface area contributed by atoms with Gasteiger partial charge in [0, 0.05) is 6.07 Å². The van der Waals surface area contributed by atoms with E-state index in [1.165, 1.54) is 18.2 Å². The summed E-state index contributed by atoms with van der Waals surface area (Å²) in [6.07, 6.45) is 0. The number of carbonyl (C=O) groups is 1. The van der Waals surface area contributed by atoms with Crippen molar-refractivity contribution in [2.75, 3.05) is 6.61 Å². The van der Waals surface area contributed by atoms with Gasteiger partial charge in [-0.3, -0.25) is 10.1 Å². The number of nitrogens with zero attached hydrogens (tertiary/aromatic N) is 1. The number of nitro benzene ring substituents is 1. The normalized spacial score (nSPS) is 11.0. The van der Waals surface area contributed by atoms with Crippen LogP contribution >= 0.6 is 0 Å². The monoisotopic (exact) mass is 283 g/mol. The molecule has 0 aromatic heterocycles. The zero-order chi connectivity index (χ0) is 15.3. The molecule has 0 amide bonds. The lowest BCUT2D eigenvalue weighted by Gasteiger charge is -2.19. The fourth-order valence-electron chi connectivity index (χ4n) is 1.43. The summed E-state index contributed by atoms with van der Waals surface area (Å²) < 4.78 is 10.1. The number of benzene rings is 1. The summed E-state index contributed by atoms with van der Waals surface area (Å²) in [6.45, 7) is 4.40. The summed E-state index contributed by atoms with van der Waals surface area (Å²) in [5, 5.41) is 19.8. The molecule has 0 aliphatic heterocycles. The fourth-order valence-corrected chi connectivity index (χ4v) is 1.43. The largest absolute Gasteiger partial charge is 0.475 e. The van der Waals surface area contributed by atoms with Crippen molar-refractivity contribution in [3.05, 3.63) is 33.9 Å². The SMILES string of the molecule is CC(C)(C)OC(=O)COc1ccc(CO)cc1[N+](=O)[O-]. The Morgan fingerprint density at radius 1 is 1.40 bits per heavy atom. The van der Waals surface area contributed by atoms with E-state index in [0.717, 1.165) is 0 Å². The Morgan fingerprint density at radius 2 is 2.05 bits per heavy atom. The van der Waals surface area contributed by atoms with Crippen molar-refractivity contribution in [3.63, 3.8) is 0 Å². The van der Waals surface area contributed by atoms with Gasteiger partial charge in [-0.2, -0.15) is 0 Å². The molecular weight excluding hydrogens is 266 g/mol. The van der Waals surface area contributed by atoms with Crippen molar-refractivity contribution in [1.29, 1.82) is 0 Å². The Kier molecular flexibility index (Phi) is 5.04. The second-order valence-electron chi connectivity index (χ2n) is 5.09. The molecule has 0 aliphatic rings. The quantitative estimate of drug-likeness (QED) is 0.502. The molecule has 1 N–H and O–H groups in total. The molecule has 110 valence electrons. The van der Waals surface area contributed by atoms with Gasteiger partial charge < -0.3 is 14.6 Å². The maximum absolute atomic E-state index is 11.5. The molecule has 0 fully saturated rings. The highest BCUT2D eigenvalue weighted by atomic mass is 16.6. The summed E-state index contributed by atoms with van der Waals surface area (Å²) in [7, 11) is 0. The van der Waals surface area contributed by atoms with Gasteiger partial charge in [0.1, 0.15) is 5.60 Å². The van der Waals surface area contributed by atoms with E-state index in [0.29, 0.717) is 5.56 Å². The van der Waals surface area contributed by atoms with E-state index in [-0.39, 0.29) is 18.0 Å². The molecule has 0 saturated heterocycles.